The van der Waals surface area contributed by atoms with Gasteiger partial charge in [-0.3, -0.25) is 4.57 Å². The summed E-state index contributed by atoms with van der Waals surface area (Å²) in [4.78, 5) is 20.9. The van der Waals surface area contributed by atoms with E-state index in [4.69, 9.17) is 25.8 Å². The molecule has 1 aliphatic heterocycles. The molecule has 0 amide bonds. The minimum absolute atomic E-state index is 0.198. The van der Waals surface area contributed by atoms with E-state index in [2.05, 4.69) is 19.2 Å². The maximum atomic E-state index is 11.6. The first-order valence-electron chi connectivity index (χ1n) is 13.2. The lowest BCUT2D eigenvalue weighted by Crippen LogP contribution is -2.27. The lowest BCUT2D eigenvalue weighted by molar-refractivity contribution is -0.0564. The van der Waals surface area contributed by atoms with Crippen LogP contribution in [0.3, 0.4) is 0 Å². The largest absolute Gasteiger partial charge is 0.478 e. The molecule has 0 saturated carbocycles. The molecule has 2 atom stereocenters. The van der Waals surface area contributed by atoms with Crippen LogP contribution >= 0.6 is 20.8 Å². The number of pyridine rings is 1. The number of fused-ring (bicyclic) bond motifs is 1. The van der Waals surface area contributed by atoms with Gasteiger partial charge in [-0.25, -0.2) is 9.78 Å². The van der Waals surface area contributed by atoms with Crippen LogP contribution in [0.25, 0.3) is 22.3 Å². The third-order valence-electron chi connectivity index (χ3n) is 6.99. The van der Waals surface area contributed by atoms with Crippen molar-refractivity contribution in [3.8, 4) is 28.9 Å². The van der Waals surface area contributed by atoms with E-state index < -0.39 is 5.97 Å². The monoisotopic (exact) mass is 587 g/mol. The minimum Gasteiger partial charge on any atom is -0.478 e. The molecule has 6 rings (SSSR count). The Morgan fingerprint density at radius 3 is 2.63 bits per heavy atom. The Morgan fingerprint density at radius 1 is 1.07 bits per heavy atom. The van der Waals surface area contributed by atoms with E-state index >= 15 is 0 Å². The zero-order valence-electron chi connectivity index (χ0n) is 22.0. The summed E-state index contributed by atoms with van der Waals surface area (Å²) >= 11 is 6.05. The summed E-state index contributed by atoms with van der Waals surface area (Å²) in [5, 5.41) is 11.1. The van der Waals surface area contributed by atoms with Crippen molar-refractivity contribution in [2.75, 3.05) is 6.61 Å². The number of halogens is 1. The fourth-order valence-electron chi connectivity index (χ4n) is 4.62. The van der Waals surface area contributed by atoms with E-state index in [9.17, 15) is 9.90 Å². The van der Waals surface area contributed by atoms with Crippen molar-refractivity contribution in [2.24, 2.45) is 0 Å². The van der Waals surface area contributed by atoms with Crippen LogP contribution in [-0.2, 0) is 17.9 Å². The SMILES string of the molecule is O=C(O)c1ccc2nc(Oc3ccc(-c4cccc(OCc5ccc(Cl)cc5P)n4)cc3)n(CC[C@@H]3CCO3)c2c1. The molecule has 10 heteroatoms. The number of carboxylic acid groups (broad SMARTS) is 1. The normalized spacial score (nSPS) is 14.5. The number of hydrogen-bond donors (Lipinski definition) is 1. The van der Waals surface area contributed by atoms with Crippen LogP contribution in [0.2, 0.25) is 5.02 Å². The highest BCUT2D eigenvalue weighted by Crippen LogP contribution is 2.30. The molecular formula is C31H27ClN3O5P. The molecule has 1 fully saturated rings. The molecule has 3 aromatic carbocycles. The molecule has 3 heterocycles. The van der Waals surface area contributed by atoms with Gasteiger partial charge in [-0.2, -0.15) is 4.98 Å². The molecule has 2 aromatic heterocycles. The number of rotatable bonds is 10. The number of aryl methyl sites for hydroxylation is 1. The van der Waals surface area contributed by atoms with Gasteiger partial charge in [0.15, 0.2) is 0 Å². The van der Waals surface area contributed by atoms with Gasteiger partial charge in [0.1, 0.15) is 12.4 Å². The van der Waals surface area contributed by atoms with Crippen LogP contribution in [0.1, 0.15) is 28.8 Å². The highest BCUT2D eigenvalue weighted by atomic mass is 35.5. The molecule has 5 aromatic rings. The third kappa shape index (κ3) is 6.20. The zero-order valence-corrected chi connectivity index (χ0v) is 23.9. The predicted octanol–water partition coefficient (Wildman–Crippen LogP) is 6.50. The number of hydrogen-bond acceptors (Lipinski definition) is 6. The molecule has 1 aliphatic rings. The van der Waals surface area contributed by atoms with Crippen LogP contribution in [0.4, 0.5) is 0 Å². The second-order valence-electron chi connectivity index (χ2n) is 9.74. The van der Waals surface area contributed by atoms with Crippen LogP contribution in [-0.4, -0.2) is 38.3 Å². The Morgan fingerprint density at radius 2 is 1.90 bits per heavy atom. The second kappa shape index (κ2) is 11.9. The van der Waals surface area contributed by atoms with Gasteiger partial charge in [0, 0.05) is 29.8 Å². The minimum atomic E-state index is -0.984. The fourth-order valence-corrected chi connectivity index (χ4v) is 5.26. The summed E-state index contributed by atoms with van der Waals surface area (Å²) in [6.07, 6.45) is 2.01. The highest BCUT2D eigenvalue weighted by molar-refractivity contribution is 7.27. The summed E-state index contributed by atoms with van der Waals surface area (Å²) in [6.45, 7) is 1.75. The molecule has 41 heavy (non-hydrogen) atoms. The average molecular weight is 588 g/mol. The molecular weight excluding hydrogens is 561 g/mol. The van der Waals surface area contributed by atoms with Gasteiger partial charge in [-0.05, 0) is 84.4 Å². The number of benzene rings is 3. The third-order valence-corrected chi connectivity index (χ3v) is 7.77. The van der Waals surface area contributed by atoms with E-state index in [1.165, 1.54) is 0 Å². The number of aromatic carboxylic acids is 1. The van der Waals surface area contributed by atoms with Gasteiger partial charge in [0.2, 0.25) is 5.88 Å². The fraction of sp³-hybridized carbons (Fsp3) is 0.194. The van der Waals surface area contributed by atoms with Gasteiger partial charge >= 0.3 is 12.0 Å². The van der Waals surface area contributed by atoms with Crippen molar-refractivity contribution >= 4 is 43.1 Å². The number of aromatic nitrogens is 3. The summed E-state index contributed by atoms with van der Waals surface area (Å²) < 4.78 is 19.7. The Bertz CT molecular complexity index is 1720. The number of carboxylic acids is 1. The maximum Gasteiger partial charge on any atom is 0.335 e. The number of imidazole rings is 1. The van der Waals surface area contributed by atoms with Crippen LogP contribution in [0.15, 0.2) is 78.9 Å². The Kier molecular flexibility index (Phi) is 7.88. The van der Waals surface area contributed by atoms with Gasteiger partial charge in [-0.1, -0.05) is 23.7 Å². The summed E-state index contributed by atoms with van der Waals surface area (Å²) in [7, 11) is 2.67. The quantitative estimate of drug-likeness (QED) is 0.186. The average Bonchev–Trinajstić information content (AvgIpc) is 3.28. The molecule has 0 bridgehead atoms. The summed E-state index contributed by atoms with van der Waals surface area (Å²) in [6, 6.07) is 24.2. The second-order valence-corrected chi connectivity index (χ2v) is 10.8. The number of nitrogens with zero attached hydrogens (tertiary/aromatic N) is 3. The first-order chi connectivity index (χ1) is 19.9. The number of ether oxygens (including phenoxy) is 3. The smallest absolute Gasteiger partial charge is 0.335 e. The van der Waals surface area contributed by atoms with Crippen LogP contribution in [0.5, 0.6) is 17.6 Å². The molecule has 1 N–H and O–H groups in total. The van der Waals surface area contributed by atoms with Gasteiger partial charge < -0.3 is 19.3 Å². The maximum absolute atomic E-state index is 11.6. The Hall–Kier alpha value is -3.97. The standard InChI is InChI=1S/C31H27ClN3O5P/c32-22-8-4-21(28(41)17-22)18-39-29-3-1-2-25(33-29)19-5-9-24(10-6-19)40-31-34-26-11-7-20(30(36)37)16-27(26)35(31)14-12-23-13-15-38-23/h1-11,16-17,23H,12-15,18,41H2,(H,36,37)/t23-/m1/s1. The lowest BCUT2D eigenvalue weighted by Gasteiger charge is -2.26. The van der Waals surface area contributed by atoms with E-state index in [1.807, 2.05) is 65.2 Å². The van der Waals surface area contributed by atoms with Crippen LogP contribution in [0, 0.1) is 0 Å². The van der Waals surface area contributed by atoms with E-state index in [-0.39, 0.29) is 11.7 Å². The van der Waals surface area contributed by atoms with Crippen molar-refractivity contribution < 1.29 is 24.1 Å². The molecule has 1 unspecified atom stereocenters. The molecule has 0 spiro atoms. The highest BCUT2D eigenvalue weighted by Gasteiger charge is 2.21. The van der Waals surface area contributed by atoms with Crippen molar-refractivity contribution in [3.63, 3.8) is 0 Å². The van der Waals surface area contributed by atoms with Gasteiger partial charge in [0.25, 0.3) is 0 Å². The van der Waals surface area contributed by atoms with Crippen molar-refractivity contribution in [1.29, 1.82) is 0 Å². The number of carbonyl (C=O) groups is 1. The summed E-state index contributed by atoms with van der Waals surface area (Å²) in [5.41, 5.74) is 4.27. The Labute approximate surface area is 244 Å². The molecule has 0 radical (unpaired) electrons. The molecule has 1 saturated heterocycles. The Balaban J connectivity index is 1.19. The van der Waals surface area contributed by atoms with Crippen LogP contribution < -0.4 is 14.8 Å². The topological polar surface area (TPSA) is 95.7 Å². The van der Waals surface area contributed by atoms with Crippen molar-refractivity contribution in [2.45, 2.75) is 32.1 Å². The first-order valence-corrected chi connectivity index (χ1v) is 14.2. The predicted molar refractivity (Wildman–Crippen MR) is 161 cm³/mol. The van der Waals surface area contributed by atoms with E-state index in [0.29, 0.717) is 46.8 Å². The lowest BCUT2D eigenvalue weighted by atomic mass is 10.1. The first kappa shape index (κ1) is 27.2. The molecule has 208 valence electrons. The van der Waals surface area contributed by atoms with Gasteiger partial charge in [0.05, 0.1) is 28.4 Å². The molecule has 8 nitrogen and oxygen atoms in total. The zero-order chi connectivity index (χ0) is 28.3. The van der Waals surface area contributed by atoms with E-state index in [0.717, 1.165) is 41.6 Å². The molecule has 0 aliphatic carbocycles. The van der Waals surface area contributed by atoms with Crippen molar-refractivity contribution in [3.05, 3.63) is 95.0 Å². The summed E-state index contributed by atoms with van der Waals surface area (Å²) in [5.74, 6) is 0.140. The van der Waals surface area contributed by atoms with Crippen molar-refractivity contribution in [1.82, 2.24) is 14.5 Å². The van der Waals surface area contributed by atoms with Gasteiger partial charge in [-0.15, -0.1) is 9.24 Å². The van der Waals surface area contributed by atoms with E-state index in [1.54, 1.807) is 18.2 Å².